The maximum absolute atomic E-state index is 12.6. The third-order valence-corrected chi connectivity index (χ3v) is 5.31. The van der Waals surface area contributed by atoms with E-state index in [2.05, 4.69) is 47.0 Å². The SMILES string of the molecule is Cc1ccc(-c2n[nH]c(=O)c3c2C(c2ccc(Br)cc2)n2nnnc2N3)cc1. The van der Waals surface area contributed by atoms with Crippen molar-refractivity contribution in [2.75, 3.05) is 5.32 Å². The monoisotopic (exact) mass is 435 g/mol. The maximum atomic E-state index is 12.6. The predicted molar refractivity (Wildman–Crippen MR) is 108 cm³/mol. The molecular weight excluding hydrogens is 422 g/mol. The summed E-state index contributed by atoms with van der Waals surface area (Å²) in [7, 11) is 0. The van der Waals surface area contributed by atoms with Gasteiger partial charge >= 0.3 is 0 Å². The number of hydrogen-bond acceptors (Lipinski definition) is 6. The van der Waals surface area contributed by atoms with Gasteiger partial charge in [0, 0.05) is 15.6 Å². The highest BCUT2D eigenvalue weighted by molar-refractivity contribution is 9.10. The Hall–Kier alpha value is -3.33. The van der Waals surface area contributed by atoms with Crippen LogP contribution in [0, 0.1) is 6.92 Å². The van der Waals surface area contributed by atoms with Gasteiger partial charge < -0.3 is 5.32 Å². The normalized spacial score (nSPS) is 14.9. The molecule has 1 aliphatic heterocycles. The zero-order valence-corrected chi connectivity index (χ0v) is 16.3. The number of fused-ring (bicyclic) bond motifs is 2. The largest absolute Gasteiger partial charge is 0.318 e. The van der Waals surface area contributed by atoms with Gasteiger partial charge in [0.15, 0.2) is 0 Å². The van der Waals surface area contributed by atoms with Gasteiger partial charge in [-0.25, -0.2) is 5.10 Å². The minimum absolute atomic E-state index is 0.317. The van der Waals surface area contributed by atoms with E-state index in [-0.39, 0.29) is 11.6 Å². The molecule has 1 aliphatic rings. The Morgan fingerprint density at radius 1 is 1.07 bits per heavy atom. The lowest BCUT2D eigenvalue weighted by Gasteiger charge is -2.27. The smallest absolute Gasteiger partial charge is 0.288 e. The van der Waals surface area contributed by atoms with E-state index < -0.39 is 0 Å². The maximum Gasteiger partial charge on any atom is 0.288 e. The van der Waals surface area contributed by atoms with Crippen LogP contribution in [0.4, 0.5) is 11.6 Å². The lowest BCUT2D eigenvalue weighted by Crippen LogP contribution is -2.29. The minimum atomic E-state index is -0.388. The molecule has 0 saturated carbocycles. The Morgan fingerprint density at radius 2 is 1.82 bits per heavy atom. The molecule has 2 N–H and O–H groups in total. The van der Waals surface area contributed by atoms with Crippen LogP contribution >= 0.6 is 15.9 Å². The van der Waals surface area contributed by atoms with Crippen molar-refractivity contribution in [3.63, 3.8) is 0 Å². The van der Waals surface area contributed by atoms with Gasteiger partial charge in [0.2, 0.25) is 5.95 Å². The average Bonchev–Trinajstić information content (AvgIpc) is 3.17. The van der Waals surface area contributed by atoms with Crippen molar-refractivity contribution >= 4 is 27.6 Å². The van der Waals surface area contributed by atoms with Crippen LogP contribution in [0.3, 0.4) is 0 Å². The predicted octanol–water partition coefficient (Wildman–Crippen LogP) is 3.19. The highest BCUT2D eigenvalue weighted by atomic mass is 79.9. The van der Waals surface area contributed by atoms with Crippen LogP contribution in [0.5, 0.6) is 0 Å². The van der Waals surface area contributed by atoms with Crippen LogP contribution in [0.2, 0.25) is 0 Å². The molecule has 9 heteroatoms. The van der Waals surface area contributed by atoms with Gasteiger partial charge in [-0.2, -0.15) is 9.78 Å². The highest BCUT2D eigenvalue weighted by Crippen LogP contribution is 2.41. The van der Waals surface area contributed by atoms with E-state index in [1.165, 1.54) is 0 Å². The second-order valence-corrected chi connectivity index (χ2v) is 7.50. The fraction of sp³-hybridized carbons (Fsp3) is 0.105. The fourth-order valence-electron chi connectivity index (χ4n) is 3.42. The van der Waals surface area contributed by atoms with Crippen LogP contribution < -0.4 is 10.9 Å². The molecule has 0 fully saturated rings. The minimum Gasteiger partial charge on any atom is -0.318 e. The molecule has 138 valence electrons. The zero-order chi connectivity index (χ0) is 19.3. The number of aryl methyl sites for hydroxylation is 1. The molecule has 0 bridgehead atoms. The number of halogens is 1. The summed E-state index contributed by atoms with van der Waals surface area (Å²) in [6.07, 6.45) is 0. The van der Waals surface area contributed by atoms with Gasteiger partial charge in [0.1, 0.15) is 11.7 Å². The number of aromatic nitrogens is 6. The summed E-state index contributed by atoms with van der Waals surface area (Å²) in [5.41, 5.74) is 4.49. The van der Waals surface area contributed by atoms with E-state index in [0.29, 0.717) is 17.3 Å². The fourth-order valence-corrected chi connectivity index (χ4v) is 3.69. The van der Waals surface area contributed by atoms with Gasteiger partial charge in [-0.05, 0) is 35.0 Å². The molecule has 3 heterocycles. The van der Waals surface area contributed by atoms with Crippen molar-refractivity contribution in [3.05, 3.63) is 80.0 Å². The standard InChI is InChI=1S/C19H14BrN7O/c1-10-2-4-11(5-3-10)15-14-16(18(28)23-22-15)21-19-24-25-26-27(19)17(14)12-6-8-13(20)9-7-12/h2-9,17H,1H3,(H,23,28)(H,21,24,26). The number of nitrogens with zero attached hydrogens (tertiary/aromatic N) is 5. The Morgan fingerprint density at radius 3 is 2.57 bits per heavy atom. The summed E-state index contributed by atoms with van der Waals surface area (Å²) in [6.45, 7) is 2.03. The first-order valence-electron chi connectivity index (χ1n) is 8.62. The molecule has 2 aromatic heterocycles. The lowest BCUT2D eigenvalue weighted by molar-refractivity contribution is 0.567. The Bertz CT molecular complexity index is 1230. The van der Waals surface area contributed by atoms with E-state index in [1.807, 2.05) is 55.5 Å². The molecule has 2 aromatic carbocycles. The van der Waals surface area contributed by atoms with Crippen molar-refractivity contribution < 1.29 is 0 Å². The summed E-state index contributed by atoms with van der Waals surface area (Å²) in [6, 6.07) is 15.5. The van der Waals surface area contributed by atoms with Gasteiger partial charge in [-0.3, -0.25) is 4.79 Å². The molecule has 4 aromatic rings. The van der Waals surface area contributed by atoms with E-state index in [4.69, 9.17) is 0 Å². The van der Waals surface area contributed by atoms with Gasteiger partial charge in [-0.15, -0.1) is 0 Å². The number of tetrazole rings is 1. The lowest BCUT2D eigenvalue weighted by atomic mass is 9.92. The second-order valence-electron chi connectivity index (χ2n) is 6.58. The summed E-state index contributed by atoms with van der Waals surface area (Å²) in [4.78, 5) is 12.6. The van der Waals surface area contributed by atoms with E-state index in [0.717, 1.165) is 26.7 Å². The summed E-state index contributed by atoms with van der Waals surface area (Å²) in [5, 5.41) is 22.0. The Labute approximate surface area is 167 Å². The molecule has 1 atom stereocenters. The average molecular weight is 436 g/mol. The Kier molecular flexibility index (Phi) is 3.83. The number of benzene rings is 2. The number of anilines is 2. The molecule has 1 unspecified atom stereocenters. The molecule has 0 radical (unpaired) electrons. The van der Waals surface area contributed by atoms with Crippen LogP contribution in [-0.2, 0) is 0 Å². The summed E-state index contributed by atoms with van der Waals surface area (Å²) in [5.74, 6) is 0.409. The van der Waals surface area contributed by atoms with Crippen molar-refractivity contribution in [2.45, 2.75) is 13.0 Å². The molecule has 28 heavy (non-hydrogen) atoms. The van der Waals surface area contributed by atoms with Crippen LogP contribution in [-0.4, -0.2) is 30.4 Å². The molecule has 0 amide bonds. The molecule has 8 nitrogen and oxygen atoms in total. The topological polar surface area (TPSA) is 101 Å². The highest BCUT2D eigenvalue weighted by Gasteiger charge is 2.34. The second kappa shape index (κ2) is 6.38. The Balaban J connectivity index is 1.81. The summed E-state index contributed by atoms with van der Waals surface area (Å²) < 4.78 is 2.63. The van der Waals surface area contributed by atoms with Crippen LogP contribution in [0.1, 0.15) is 22.7 Å². The van der Waals surface area contributed by atoms with Crippen molar-refractivity contribution in [1.82, 2.24) is 30.4 Å². The quantitative estimate of drug-likeness (QED) is 0.441. The molecule has 5 rings (SSSR count). The zero-order valence-electron chi connectivity index (χ0n) is 14.7. The van der Waals surface area contributed by atoms with Crippen molar-refractivity contribution in [1.29, 1.82) is 0 Å². The number of H-pyrrole nitrogens is 1. The first-order chi connectivity index (χ1) is 13.6. The number of rotatable bonds is 2. The third-order valence-electron chi connectivity index (χ3n) is 4.78. The number of hydrogen-bond donors (Lipinski definition) is 2. The van der Waals surface area contributed by atoms with Gasteiger partial charge in [0.05, 0.1) is 5.69 Å². The third kappa shape index (κ3) is 2.63. The van der Waals surface area contributed by atoms with E-state index in [1.54, 1.807) is 4.68 Å². The molecular formula is C19H14BrN7O. The first-order valence-corrected chi connectivity index (χ1v) is 9.41. The van der Waals surface area contributed by atoms with E-state index >= 15 is 0 Å². The molecule has 0 aliphatic carbocycles. The molecule has 0 saturated heterocycles. The number of aromatic amines is 1. The van der Waals surface area contributed by atoms with Gasteiger partial charge in [-0.1, -0.05) is 63.0 Å². The molecule has 0 spiro atoms. The first kappa shape index (κ1) is 16.8. The van der Waals surface area contributed by atoms with Crippen molar-refractivity contribution in [2.24, 2.45) is 0 Å². The van der Waals surface area contributed by atoms with Crippen LogP contribution in [0.25, 0.3) is 11.3 Å². The van der Waals surface area contributed by atoms with E-state index in [9.17, 15) is 4.79 Å². The number of nitrogens with one attached hydrogen (secondary N) is 2. The van der Waals surface area contributed by atoms with Crippen molar-refractivity contribution in [3.8, 4) is 11.3 Å². The van der Waals surface area contributed by atoms with Gasteiger partial charge in [0.25, 0.3) is 5.56 Å². The summed E-state index contributed by atoms with van der Waals surface area (Å²) >= 11 is 3.47. The van der Waals surface area contributed by atoms with Crippen LogP contribution in [0.15, 0.2) is 57.8 Å².